The lowest BCUT2D eigenvalue weighted by atomic mass is 9.65. The first-order valence-corrected chi connectivity index (χ1v) is 10.2. The number of nitrogens with zero attached hydrogens (tertiary/aromatic N) is 1. The second kappa shape index (κ2) is 7.98. The van der Waals surface area contributed by atoms with Gasteiger partial charge in [-0.2, -0.15) is 0 Å². The molecule has 2 atom stereocenters. The van der Waals surface area contributed by atoms with Crippen LogP contribution in [0.25, 0.3) is 0 Å². The van der Waals surface area contributed by atoms with Gasteiger partial charge in [0.1, 0.15) is 0 Å². The van der Waals surface area contributed by atoms with Crippen molar-refractivity contribution in [2.45, 2.75) is 63.6 Å². The van der Waals surface area contributed by atoms with E-state index in [9.17, 15) is 4.79 Å². The number of hydrogen-bond acceptors (Lipinski definition) is 2. The first-order valence-electron chi connectivity index (χ1n) is 9.42. The number of halogens is 2. The Morgan fingerprint density at radius 2 is 1.84 bits per heavy atom. The third-order valence-electron chi connectivity index (χ3n) is 6.27. The van der Waals surface area contributed by atoms with E-state index in [0.29, 0.717) is 29.8 Å². The molecule has 2 N–H and O–H groups in total. The van der Waals surface area contributed by atoms with Crippen LogP contribution in [-0.4, -0.2) is 22.9 Å². The molecule has 1 amide bonds. The molecule has 3 aliphatic carbocycles. The van der Waals surface area contributed by atoms with Crippen molar-refractivity contribution in [2.75, 3.05) is 0 Å². The molecule has 0 aliphatic heterocycles. The quantitative estimate of drug-likeness (QED) is 0.768. The highest BCUT2D eigenvalue weighted by Gasteiger charge is 2.43. The van der Waals surface area contributed by atoms with Crippen molar-refractivity contribution >= 4 is 34.2 Å². The lowest BCUT2D eigenvalue weighted by Gasteiger charge is -2.44. The first-order chi connectivity index (χ1) is 11.6. The normalized spacial score (nSPS) is 31.1. The van der Waals surface area contributed by atoms with E-state index in [0.717, 1.165) is 23.9 Å². The maximum absolute atomic E-state index is 13.3. The van der Waals surface area contributed by atoms with E-state index in [1.807, 2.05) is 6.07 Å². The summed E-state index contributed by atoms with van der Waals surface area (Å²) in [6.45, 7) is 0.751. The van der Waals surface area contributed by atoms with Gasteiger partial charge in [-0.1, -0.05) is 34.5 Å². The van der Waals surface area contributed by atoms with Gasteiger partial charge >= 0.3 is 0 Å². The van der Waals surface area contributed by atoms with Crippen molar-refractivity contribution in [1.82, 2.24) is 4.90 Å². The van der Waals surface area contributed by atoms with Crippen LogP contribution in [0.3, 0.4) is 0 Å². The number of nitrogens with two attached hydrogens (primary N) is 1. The van der Waals surface area contributed by atoms with Crippen LogP contribution >= 0.6 is 28.3 Å². The molecule has 0 saturated heterocycles. The maximum atomic E-state index is 13.3. The smallest absolute Gasteiger partial charge is 0.226 e. The molecule has 0 radical (unpaired) electrons. The molecule has 3 fully saturated rings. The number of amides is 1. The second-order valence-electron chi connectivity index (χ2n) is 8.02. The SMILES string of the molecule is Cl.NC1C2CCCC1CC(C(=O)N(Cc1cccc(Br)c1)C1CC1)C2. The lowest BCUT2D eigenvalue weighted by Crippen LogP contribution is -2.50. The Morgan fingerprint density at radius 3 is 2.44 bits per heavy atom. The van der Waals surface area contributed by atoms with E-state index < -0.39 is 0 Å². The van der Waals surface area contributed by atoms with E-state index >= 15 is 0 Å². The third kappa shape index (κ3) is 4.23. The Bertz CT molecular complexity index is 607. The minimum absolute atomic E-state index is 0. The summed E-state index contributed by atoms with van der Waals surface area (Å²) in [5.41, 5.74) is 7.62. The molecule has 2 unspecified atom stereocenters. The van der Waals surface area contributed by atoms with E-state index in [1.165, 1.54) is 37.7 Å². The van der Waals surface area contributed by atoms with Crippen LogP contribution in [0.2, 0.25) is 0 Å². The summed E-state index contributed by atoms with van der Waals surface area (Å²) in [6.07, 6.45) is 8.09. The molecule has 1 aromatic rings. The standard InChI is InChI=1S/C20H27BrN2O.ClH/c21-17-6-1-3-13(9-17)12-23(18-7-8-18)20(24)16-10-14-4-2-5-15(11-16)19(14)22;/h1,3,6,9,14-16,18-19H,2,4-5,7-8,10-12,22H2;1H. The molecule has 25 heavy (non-hydrogen) atoms. The van der Waals surface area contributed by atoms with Crippen molar-refractivity contribution < 1.29 is 4.79 Å². The molecule has 1 aromatic carbocycles. The number of hydrogen-bond donors (Lipinski definition) is 1. The summed E-state index contributed by atoms with van der Waals surface area (Å²) in [5, 5.41) is 0. The molecule has 3 saturated carbocycles. The van der Waals surface area contributed by atoms with Crippen molar-refractivity contribution in [2.24, 2.45) is 23.5 Å². The summed E-state index contributed by atoms with van der Waals surface area (Å²) >= 11 is 3.54. The van der Waals surface area contributed by atoms with Gasteiger partial charge in [0.25, 0.3) is 0 Å². The molecule has 0 aromatic heterocycles. The Hall–Kier alpha value is -0.580. The summed E-state index contributed by atoms with van der Waals surface area (Å²) in [7, 11) is 0. The predicted molar refractivity (Wildman–Crippen MR) is 106 cm³/mol. The van der Waals surface area contributed by atoms with Crippen molar-refractivity contribution in [1.29, 1.82) is 0 Å². The average Bonchev–Trinajstić information content (AvgIpc) is 3.36. The van der Waals surface area contributed by atoms with E-state index in [1.54, 1.807) is 0 Å². The highest BCUT2D eigenvalue weighted by molar-refractivity contribution is 9.10. The van der Waals surface area contributed by atoms with Crippen molar-refractivity contribution in [3.8, 4) is 0 Å². The van der Waals surface area contributed by atoms with E-state index in [2.05, 4.69) is 39.0 Å². The van der Waals surface area contributed by atoms with Gasteiger partial charge in [0, 0.05) is 29.0 Å². The van der Waals surface area contributed by atoms with Crippen LogP contribution in [0, 0.1) is 17.8 Å². The summed E-state index contributed by atoms with van der Waals surface area (Å²) < 4.78 is 1.08. The van der Waals surface area contributed by atoms with Gasteiger partial charge in [0.2, 0.25) is 5.91 Å². The molecule has 0 heterocycles. The van der Waals surface area contributed by atoms with E-state index in [-0.39, 0.29) is 18.3 Å². The topological polar surface area (TPSA) is 46.3 Å². The van der Waals surface area contributed by atoms with Gasteiger partial charge in [-0.05, 0) is 68.1 Å². The summed E-state index contributed by atoms with van der Waals surface area (Å²) in [5.74, 6) is 1.73. The van der Waals surface area contributed by atoms with Gasteiger partial charge in [-0.15, -0.1) is 12.4 Å². The van der Waals surface area contributed by atoms with Crippen LogP contribution in [0.4, 0.5) is 0 Å². The van der Waals surface area contributed by atoms with Crippen LogP contribution in [-0.2, 0) is 11.3 Å². The molecule has 3 nitrogen and oxygen atoms in total. The highest BCUT2D eigenvalue weighted by atomic mass is 79.9. The highest BCUT2D eigenvalue weighted by Crippen LogP contribution is 2.43. The number of carbonyl (C=O) groups is 1. The zero-order valence-corrected chi connectivity index (χ0v) is 17.0. The Labute approximate surface area is 165 Å². The Morgan fingerprint density at radius 1 is 1.16 bits per heavy atom. The molecule has 138 valence electrons. The minimum Gasteiger partial charge on any atom is -0.335 e. The lowest BCUT2D eigenvalue weighted by molar-refractivity contribution is -0.140. The van der Waals surface area contributed by atoms with Gasteiger partial charge in [0.05, 0.1) is 0 Å². The van der Waals surface area contributed by atoms with Crippen LogP contribution in [0.15, 0.2) is 28.7 Å². The van der Waals surface area contributed by atoms with Gasteiger partial charge in [-0.25, -0.2) is 0 Å². The van der Waals surface area contributed by atoms with E-state index in [4.69, 9.17) is 5.73 Å². The average molecular weight is 428 g/mol. The molecule has 3 aliphatic rings. The fourth-order valence-corrected chi connectivity index (χ4v) is 5.28. The fraction of sp³-hybridized carbons (Fsp3) is 0.650. The zero-order chi connectivity index (χ0) is 16.7. The molecule has 2 bridgehead atoms. The molecule has 0 spiro atoms. The summed E-state index contributed by atoms with van der Waals surface area (Å²) in [6, 6.07) is 9.15. The summed E-state index contributed by atoms with van der Waals surface area (Å²) in [4.78, 5) is 15.4. The molecule has 4 rings (SSSR count). The van der Waals surface area contributed by atoms with Crippen LogP contribution < -0.4 is 5.73 Å². The number of benzene rings is 1. The first kappa shape index (κ1) is 19.2. The molecular formula is C20H28BrClN2O. The number of rotatable bonds is 4. The maximum Gasteiger partial charge on any atom is 0.226 e. The number of fused-ring (bicyclic) bond motifs is 2. The van der Waals surface area contributed by atoms with Crippen LogP contribution in [0.1, 0.15) is 50.5 Å². The third-order valence-corrected chi connectivity index (χ3v) is 6.77. The zero-order valence-electron chi connectivity index (χ0n) is 14.6. The molecule has 5 heteroatoms. The molecular weight excluding hydrogens is 400 g/mol. The van der Waals surface area contributed by atoms with Crippen molar-refractivity contribution in [3.05, 3.63) is 34.3 Å². The van der Waals surface area contributed by atoms with Gasteiger partial charge < -0.3 is 10.6 Å². The largest absolute Gasteiger partial charge is 0.335 e. The van der Waals surface area contributed by atoms with Gasteiger partial charge in [0.15, 0.2) is 0 Å². The number of carbonyl (C=O) groups excluding carboxylic acids is 1. The second-order valence-corrected chi connectivity index (χ2v) is 8.94. The monoisotopic (exact) mass is 426 g/mol. The van der Waals surface area contributed by atoms with Gasteiger partial charge in [-0.3, -0.25) is 4.79 Å². The Balaban J connectivity index is 0.00000182. The van der Waals surface area contributed by atoms with Crippen LogP contribution in [0.5, 0.6) is 0 Å². The minimum atomic E-state index is 0. The predicted octanol–water partition coefficient (Wildman–Crippen LogP) is 4.52. The fourth-order valence-electron chi connectivity index (χ4n) is 4.83. The Kier molecular flexibility index (Phi) is 6.12. The van der Waals surface area contributed by atoms with Crippen molar-refractivity contribution in [3.63, 3.8) is 0 Å².